The number of hydrogen-bond donors (Lipinski definition) is 2. The minimum Gasteiger partial charge on any atom is -0.355 e. The lowest BCUT2D eigenvalue weighted by Gasteiger charge is -2.32. The van der Waals surface area contributed by atoms with E-state index in [0.29, 0.717) is 30.3 Å². The highest BCUT2D eigenvalue weighted by molar-refractivity contribution is 5.99. The van der Waals surface area contributed by atoms with Crippen LogP contribution >= 0.6 is 0 Å². The number of benzene rings is 1. The van der Waals surface area contributed by atoms with Crippen LogP contribution in [0.5, 0.6) is 0 Å². The SMILES string of the molecule is CNC(=O)c1cccc(C(=O)N2CCNC(C)C2)c1. The highest BCUT2D eigenvalue weighted by Gasteiger charge is 2.22. The first-order valence-corrected chi connectivity index (χ1v) is 6.46. The molecule has 2 rings (SSSR count). The molecule has 0 spiro atoms. The first-order chi connectivity index (χ1) is 9.11. The second kappa shape index (κ2) is 5.84. The minimum absolute atomic E-state index is 0.0147. The van der Waals surface area contributed by atoms with Crippen LogP contribution in [0.1, 0.15) is 27.6 Å². The van der Waals surface area contributed by atoms with Crippen molar-refractivity contribution in [3.63, 3.8) is 0 Å². The Hall–Kier alpha value is -1.88. The molecular weight excluding hydrogens is 242 g/mol. The molecule has 1 saturated heterocycles. The predicted molar refractivity (Wildman–Crippen MR) is 73.2 cm³/mol. The monoisotopic (exact) mass is 261 g/mol. The van der Waals surface area contributed by atoms with E-state index in [0.717, 1.165) is 6.54 Å². The lowest BCUT2D eigenvalue weighted by atomic mass is 10.1. The van der Waals surface area contributed by atoms with Crippen LogP contribution in [0.2, 0.25) is 0 Å². The zero-order valence-electron chi connectivity index (χ0n) is 11.3. The summed E-state index contributed by atoms with van der Waals surface area (Å²) in [4.78, 5) is 25.8. The Morgan fingerprint density at radius 2 is 2.11 bits per heavy atom. The van der Waals surface area contributed by atoms with Crippen molar-refractivity contribution in [2.24, 2.45) is 0 Å². The molecule has 2 N–H and O–H groups in total. The van der Waals surface area contributed by atoms with Crippen molar-refractivity contribution < 1.29 is 9.59 Å². The van der Waals surface area contributed by atoms with Crippen LogP contribution in [0, 0.1) is 0 Å². The standard InChI is InChI=1S/C14H19N3O2/c1-10-9-17(7-6-16-10)14(19)12-5-3-4-11(8-12)13(18)15-2/h3-5,8,10,16H,6-7,9H2,1-2H3,(H,15,18). The van der Waals surface area contributed by atoms with Crippen molar-refractivity contribution in [3.8, 4) is 0 Å². The van der Waals surface area contributed by atoms with E-state index in [4.69, 9.17) is 0 Å². The third-order valence-corrected chi connectivity index (χ3v) is 3.25. The molecule has 0 aliphatic carbocycles. The largest absolute Gasteiger partial charge is 0.355 e. The zero-order valence-corrected chi connectivity index (χ0v) is 11.3. The molecule has 5 nitrogen and oxygen atoms in total. The van der Waals surface area contributed by atoms with Crippen LogP contribution < -0.4 is 10.6 Å². The Bertz CT molecular complexity index is 487. The lowest BCUT2D eigenvalue weighted by molar-refractivity contribution is 0.0709. The van der Waals surface area contributed by atoms with E-state index >= 15 is 0 Å². The Balaban J connectivity index is 2.16. The molecule has 0 aromatic heterocycles. The number of nitrogens with one attached hydrogen (secondary N) is 2. The summed E-state index contributed by atoms with van der Waals surface area (Å²) in [7, 11) is 1.58. The average molecular weight is 261 g/mol. The van der Waals surface area contributed by atoms with Gasteiger partial charge in [0.15, 0.2) is 0 Å². The van der Waals surface area contributed by atoms with Gasteiger partial charge in [-0.25, -0.2) is 0 Å². The molecule has 1 unspecified atom stereocenters. The maximum absolute atomic E-state index is 12.4. The Labute approximate surface area is 113 Å². The van der Waals surface area contributed by atoms with Crippen molar-refractivity contribution in [1.29, 1.82) is 0 Å². The van der Waals surface area contributed by atoms with E-state index < -0.39 is 0 Å². The van der Waals surface area contributed by atoms with Crippen molar-refractivity contribution in [3.05, 3.63) is 35.4 Å². The quantitative estimate of drug-likeness (QED) is 0.814. The summed E-state index contributed by atoms with van der Waals surface area (Å²) < 4.78 is 0. The Kier molecular flexibility index (Phi) is 4.16. The van der Waals surface area contributed by atoms with Gasteiger partial charge in [-0.15, -0.1) is 0 Å². The fourth-order valence-corrected chi connectivity index (χ4v) is 2.24. The predicted octanol–water partition coefficient (Wildman–Crippen LogP) is 0.480. The van der Waals surface area contributed by atoms with Crippen molar-refractivity contribution in [1.82, 2.24) is 15.5 Å². The second-order valence-corrected chi connectivity index (χ2v) is 4.77. The van der Waals surface area contributed by atoms with Gasteiger partial charge in [0, 0.05) is 43.9 Å². The number of rotatable bonds is 2. The van der Waals surface area contributed by atoms with E-state index in [-0.39, 0.29) is 11.8 Å². The number of carbonyl (C=O) groups excluding carboxylic acids is 2. The average Bonchev–Trinajstić information content (AvgIpc) is 2.45. The van der Waals surface area contributed by atoms with Crippen LogP contribution in [0.3, 0.4) is 0 Å². The topological polar surface area (TPSA) is 61.4 Å². The van der Waals surface area contributed by atoms with Gasteiger partial charge in [0.25, 0.3) is 11.8 Å². The van der Waals surface area contributed by atoms with Crippen molar-refractivity contribution in [2.75, 3.05) is 26.7 Å². The summed E-state index contributed by atoms with van der Waals surface area (Å²) in [6.45, 7) is 4.26. The molecular formula is C14H19N3O2. The van der Waals surface area contributed by atoms with Crippen LogP contribution in [-0.4, -0.2) is 49.4 Å². The number of amides is 2. The van der Waals surface area contributed by atoms with Gasteiger partial charge >= 0.3 is 0 Å². The summed E-state index contributed by atoms with van der Waals surface area (Å²) in [5.41, 5.74) is 1.08. The number of carbonyl (C=O) groups is 2. The van der Waals surface area contributed by atoms with Gasteiger partial charge in [-0.1, -0.05) is 6.07 Å². The molecule has 1 fully saturated rings. The molecule has 1 aromatic rings. The van der Waals surface area contributed by atoms with Gasteiger partial charge in [-0.3, -0.25) is 9.59 Å². The number of nitrogens with zero attached hydrogens (tertiary/aromatic N) is 1. The summed E-state index contributed by atoms with van der Waals surface area (Å²) in [5.74, 6) is -0.192. The molecule has 1 aliphatic heterocycles. The van der Waals surface area contributed by atoms with Gasteiger partial charge in [0.05, 0.1) is 0 Å². The molecule has 1 atom stereocenters. The van der Waals surface area contributed by atoms with Crippen molar-refractivity contribution in [2.45, 2.75) is 13.0 Å². The summed E-state index contributed by atoms with van der Waals surface area (Å²) in [6, 6.07) is 7.15. The number of hydrogen-bond acceptors (Lipinski definition) is 3. The van der Waals surface area contributed by atoms with Crippen LogP contribution in [0.4, 0.5) is 0 Å². The molecule has 1 aromatic carbocycles. The third-order valence-electron chi connectivity index (χ3n) is 3.25. The maximum Gasteiger partial charge on any atom is 0.253 e. The molecule has 2 amide bonds. The Morgan fingerprint density at radius 3 is 2.79 bits per heavy atom. The molecule has 0 saturated carbocycles. The molecule has 1 heterocycles. The summed E-state index contributed by atoms with van der Waals surface area (Å²) >= 11 is 0. The molecule has 102 valence electrons. The van der Waals surface area contributed by atoms with Gasteiger partial charge in [0.2, 0.25) is 0 Å². The van der Waals surface area contributed by atoms with Crippen LogP contribution in [-0.2, 0) is 0 Å². The molecule has 0 bridgehead atoms. The normalized spacial score (nSPS) is 19.1. The van der Waals surface area contributed by atoms with Crippen LogP contribution in [0.25, 0.3) is 0 Å². The van der Waals surface area contributed by atoms with E-state index in [1.165, 1.54) is 0 Å². The van der Waals surface area contributed by atoms with Gasteiger partial charge in [-0.2, -0.15) is 0 Å². The number of piperazine rings is 1. The van der Waals surface area contributed by atoms with E-state index in [1.807, 2.05) is 4.90 Å². The molecule has 1 aliphatic rings. The van der Waals surface area contributed by atoms with Crippen molar-refractivity contribution >= 4 is 11.8 Å². The summed E-state index contributed by atoms with van der Waals surface area (Å²) in [5, 5.41) is 5.86. The minimum atomic E-state index is -0.177. The lowest BCUT2D eigenvalue weighted by Crippen LogP contribution is -2.51. The fourth-order valence-electron chi connectivity index (χ4n) is 2.24. The van der Waals surface area contributed by atoms with Gasteiger partial charge in [0.1, 0.15) is 0 Å². The first-order valence-electron chi connectivity index (χ1n) is 6.46. The maximum atomic E-state index is 12.4. The third kappa shape index (κ3) is 3.12. The fraction of sp³-hybridized carbons (Fsp3) is 0.429. The molecule has 0 radical (unpaired) electrons. The summed E-state index contributed by atoms with van der Waals surface area (Å²) in [6.07, 6.45) is 0. The Morgan fingerprint density at radius 1 is 1.37 bits per heavy atom. The second-order valence-electron chi connectivity index (χ2n) is 4.77. The molecule has 19 heavy (non-hydrogen) atoms. The first kappa shape index (κ1) is 13.5. The highest BCUT2D eigenvalue weighted by atomic mass is 16.2. The van der Waals surface area contributed by atoms with Gasteiger partial charge < -0.3 is 15.5 Å². The van der Waals surface area contributed by atoms with E-state index in [1.54, 1.807) is 31.3 Å². The zero-order chi connectivity index (χ0) is 13.8. The van der Waals surface area contributed by atoms with E-state index in [2.05, 4.69) is 17.6 Å². The molecule has 5 heteroatoms. The van der Waals surface area contributed by atoms with Gasteiger partial charge in [-0.05, 0) is 25.1 Å². The smallest absolute Gasteiger partial charge is 0.253 e. The van der Waals surface area contributed by atoms with Crippen LogP contribution in [0.15, 0.2) is 24.3 Å². The highest BCUT2D eigenvalue weighted by Crippen LogP contribution is 2.10. The van der Waals surface area contributed by atoms with E-state index in [9.17, 15) is 9.59 Å².